The molecule has 4 rings (SSSR count). The molecule has 0 fully saturated rings. The number of nitrogens with zero attached hydrogens (tertiary/aromatic N) is 5. The monoisotopic (exact) mass is 458 g/mol. The minimum absolute atomic E-state index is 0.247. The molecule has 0 saturated heterocycles. The van der Waals surface area contributed by atoms with Gasteiger partial charge in [-0.2, -0.15) is 4.68 Å². The first-order valence-electron chi connectivity index (χ1n) is 9.07. The van der Waals surface area contributed by atoms with Gasteiger partial charge in [-0.1, -0.05) is 23.7 Å². The lowest BCUT2D eigenvalue weighted by Crippen LogP contribution is -2.14. The fourth-order valence-electron chi connectivity index (χ4n) is 2.93. The van der Waals surface area contributed by atoms with Crippen LogP contribution in [0, 0.1) is 12.7 Å². The summed E-state index contributed by atoms with van der Waals surface area (Å²) in [5.74, 6) is -0.382. The zero-order valence-electron chi connectivity index (χ0n) is 16.5. The largest absolute Gasteiger partial charge is 0.496 e. The number of nitrogens with one attached hydrogen (secondary N) is 1. The van der Waals surface area contributed by atoms with Gasteiger partial charge in [0, 0.05) is 17.4 Å². The molecule has 4 aromatic rings. The van der Waals surface area contributed by atoms with E-state index < -0.39 is 5.91 Å². The normalized spacial score (nSPS) is 10.8. The van der Waals surface area contributed by atoms with Gasteiger partial charge >= 0.3 is 0 Å². The molecule has 2 aromatic carbocycles. The molecular formula is C20H16ClFN6O2S. The van der Waals surface area contributed by atoms with E-state index in [4.69, 9.17) is 16.3 Å². The summed E-state index contributed by atoms with van der Waals surface area (Å²) in [6.07, 6.45) is 1.98. The Kier molecular flexibility index (Phi) is 5.92. The van der Waals surface area contributed by atoms with Gasteiger partial charge in [-0.25, -0.2) is 9.37 Å². The molecular weight excluding hydrogens is 443 g/mol. The Labute approximate surface area is 185 Å². The number of hydrogen-bond donors (Lipinski definition) is 1. The zero-order chi connectivity index (χ0) is 22.0. The topological polar surface area (TPSA) is 94.8 Å². The van der Waals surface area contributed by atoms with Gasteiger partial charge in [0.05, 0.1) is 29.1 Å². The molecule has 2 heterocycles. The quantitative estimate of drug-likeness (QED) is 0.468. The number of thiazole rings is 1. The zero-order valence-corrected chi connectivity index (χ0v) is 18.0. The third-order valence-corrected chi connectivity index (χ3v) is 5.88. The van der Waals surface area contributed by atoms with Crippen molar-refractivity contribution in [1.29, 1.82) is 0 Å². The van der Waals surface area contributed by atoms with Crippen molar-refractivity contribution in [1.82, 2.24) is 25.2 Å². The molecule has 1 amide bonds. The molecule has 0 radical (unpaired) electrons. The summed E-state index contributed by atoms with van der Waals surface area (Å²) in [6.45, 7) is 1.86. The van der Waals surface area contributed by atoms with Crippen LogP contribution in [0.2, 0.25) is 5.02 Å². The van der Waals surface area contributed by atoms with Gasteiger partial charge in [-0.3, -0.25) is 10.1 Å². The predicted molar refractivity (Wildman–Crippen MR) is 115 cm³/mol. The third kappa shape index (κ3) is 4.54. The number of aryl methyl sites for hydroxylation is 1. The number of hydrogen-bond acceptors (Lipinski definition) is 7. The second-order valence-corrected chi connectivity index (χ2v) is 8.03. The van der Waals surface area contributed by atoms with Gasteiger partial charge in [-0.05, 0) is 41.1 Å². The Morgan fingerprint density at radius 2 is 2.06 bits per heavy atom. The standard InChI is InChI=1S/C20H16ClFN6O2S/c1-11-18(7-12-3-5-13(22)6-4-12)31-20(24-11)25-19(29)14-8-15(21)16(9-17(14)30-2)28-10-23-26-27-28/h3-6,8-10H,7H2,1-2H3,(H,24,25,29). The summed E-state index contributed by atoms with van der Waals surface area (Å²) in [4.78, 5) is 18.3. The lowest BCUT2D eigenvalue weighted by molar-refractivity contribution is 0.102. The van der Waals surface area contributed by atoms with Crippen LogP contribution < -0.4 is 10.1 Å². The molecule has 1 N–H and O–H groups in total. The van der Waals surface area contributed by atoms with Crippen LogP contribution in [0.15, 0.2) is 42.7 Å². The van der Waals surface area contributed by atoms with Crippen molar-refractivity contribution in [2.45, 2.75) is 13.3 Å². The molecule has 2 aromatic heterocycles. The lowest BCUT2D eigenvalue weighted by Gasteiger charge is -2.11. The van der Waals surface area contributed by atoms with Crippen LogP contribution >= 0.6 is 22.9 Å². The van der Waals surface area contributed by atoms with Gasteiger partial charge in [0.25, 0.3) is 5.91 Å². The van der Waals surface area contributed by atoms with E-state index in [1.165, 1.54) is 47.7 Å². The molecule has 0 bridgehead atoms. The Morgan fingerprint density at radius 3 is 2.74 bits per heavy atom. The predicted octanol–water partition coefficient (Wildman–Crippen LogP) is 4.07. The summed E-state index contributed by atoms with van der Waals surface area (Å²) in [7, 11) is 1.46. The fourth-order valence-corrected chi connectivity index (χ4v) is 4.18. The number of aromatic nitrogens is 5. The van der Waals surface area contributed by atoms with Gasteiger partial charge in [-0.15, -0.1) is 16.4 Å². The highest BCUT2D eigenvalue weighted by molar-refractivity contribution is 7.15. The number of ether oxygens (including phenoxy) is 1. The van der Waals surface area contributed by atoms with E-state index in [2.05, 4.69) is 25.8 Å². The number of amides is 1. The molecule has 0 spiro atoms. The molecule has 0 saturated carbocycles. The van der Waals surface area contributed by atoms with Crippen LogP contribution in [0.1, 0.15) is 26.5 Å². The van der Waals surface area contributed by atoms with E-state index in [-0.39, 0.29) is 16.4 Å². The third-order valence-electron chi connectivity index (χ3n) is 4.50. The molecule has 0 unspecified atom stereocenters. The number of anilines is 1. The summed E-state index contributed by atoms with van der Waals surface area (Å²) >= 11 is 7.70. The van der Waals surface area contributed by atoms with Crippen LogP contribution in [0.5, 0.6) is 5.75 Å². The van der Waals surface area contributed by atoms with Gasteiger partial charge in [0.1, 0.15) is 17.9 Å². The van der Waals surface area contributed by atoms with E-state index in [9.17, 15) is 9.18 Å². The first kappa shape index (κ1) is 20.9. The van der Waals surface area contributed by atoms with Crippen molar-refractivity contribution >= 4 is 34.0 Å². The molecule has 158 valence electrons. The second kappa shape index (κ2) is 8.78. The Hall–Kier alpha value is -3.37. The SMILES string of the molecule is COc1cc(-n2cnnn2)c(Cl)cc1C(=O)Nc1nc(C)c(Cc2ccc(F)cc2)s1. The summed E-state index contributed by atoms with van der Waals surface area (Å²) in [5.41, 5.74) is 2.48. The van der Waals surface area contributed by atoms with Crippen LogP contribution in [0.25, 0.3) is 5.69 Å². The smallest absolute Gasteiger partial charge is 0.261 e. The van der Waals surface area contributed by atoms with Crippen LogP contribution in [-0.4, -0.2) is 38.2 Å². The maximum absolute atomic E-state index is 13.1. The first-order chi connectivity index (χ1) is 14.9. The van der Waals surface area contributed by atoms with Crippen molar-refractivity contribution in [3.63, 3.8) is 0 Å². The maximum atomic E-state index is 13.1. The average molecular weight is 459 g/mol. The molecule has 0 aliphatic heterocycles. The summed E-state index contributed by atoms with van der Waals surface area (Å²) in [5, 5.41) is 14.5. The van der Waals surface area contributed by atoms with E-state index >= 15 is 0 Å². The maximum Gasteiger partial charge on any atom is 0.261 e. The van der Waals surface area contributed by atoms with E-state index in [1.54, 1.807) is 18.2 Å². The Balaban J connectivity index is 1.56. The lowest BCUT2D eigenvalue weighted by atomic mass is 10.1. The van der Waals surface area contributed by atoms with Gasteiger partial charge in [0.15, 0.2) is 5.13 Å². The summed E-state index contributed by atoms with van der Waals surface area (Å²) in [6, 6.07) is 9.37. The number of rotatable bonds is 6. The Bertz CT molecular complexity index is 1230. The number of tetrazole rings is 1. The highest BCUT2D eigenvalue weighted by atomic mass is 35.5. The van der Waals surface area contributed by atoms with E-state index in [0.717, 1.165) is 16.1 Å². The van der Waals surface area contributed by atoms with Crippen molar-refractivity contribution in [2.75, 3.05) is 12.4 Å². The molecule has 0 aliphatic rings. The fraction of sp³-hybridized carbons (Fsp3) is 0.150. The number of carbonyl (C=O) groups excluding carboxylic acids is 1. The highest BCUT2D eigenvalue weighted by Gasteiger charge is 2.19. The second-order valence-electron chi connectivity index (χ2n) is 6.54. The minimum atomic E-state index is -0.413. The summed E-state index contributed by atoms with van der Waals surface area (Å²) < 4.78 is 19.9. The van der Waals surface area contributed by atoms with Crippen molar-refractivity contribution < 1.29 is 13.9 Å². The van der Waals surface area contributed by atoms with Crippen molar-refractivity contribution in [3.05, 3.63) is 75.3 Å². The van der Waals surface area contributed by atoms with E-state index in [0.29, 0.717) is 23.0 Å². The van der Waals surface area contributed by atoms with Crippen LogP contribution in [-0.2, 0) is 6.42 Å². The van der Waals surface area contributed by atoms with Gasteiger partial charge < -0.3 is 4.74 Å². The Morgan fingerprint density at radius 1 is 1.29 bits per heavy atom. The highest BCUT2D eigenvalue weighted by Crippen LogP contribution is 2.31. The van der Waals surface area contributed by atoms with E-state index in [1.807, 2.05) is 6.92 Å². The van der Waals surface area contributed by atoms with Crippen LogP contribution in [0.4, 0.5) is 9.52 Å². The molecule has 0 atom stereocenters. The number of carbonyl (C=O) groups is 1. The molecule has 31 heavy (non-hydrogen) atoms. The average Bonchev–Trinajstić information content (AvgIpc) is 3.39. The minimum Gasteiger partial charge on any atom is -0.496 e. The number of halogens is 2. The first-order valence-corrected chi connectivity index (χ1v) is 10.3. The number of methoxy groups -OCH3 is 1. The van der Waals surface area contributed by atoms with Crippen molar-refractivity contribution in [2.24, 2.45) is 0 Å². The molecule has 0 aliphatic carbocycles. The van der Waals surface area contributed by atoms with Gasteiger partial charge in [0.2, 0.25) is 0 Å². The molecule has 8 nitrogen and oxygen atoms in total. The van der Waals surface area contributed by atoms with Crippen molar-refractivity contribution in [3.8, 4) is 11.4 Å². The number of benzene rings is 2. The van der Waals surface area contributed by atoms with Crippen LogP contribution in [0.3, 0.4) is 0 Å². The molecule has 11 heteroatoms.